The quantitative estimate of drug-likeness (QED) is 0.898. The van der Waals surface area contributed by atoms with Crippen LogP contribution in [0.2, 0.25) is 0 Å². The van der Waals surface area contributed by atoms with E-state index in [0.29, 0.717) is 0 Å². The van der Waals surface area contributed by atoms with Gasteiger partial charge in [0.05, 0.1) is 12.2 Å². The van der Waals surface area contributed by atoms with Crippen molar-refractivity contribution < 1.29 is 13.6 Å². The van der Waals surface area contributed by atoms with E-state index in [-0.39, 0.29) is 18.1 Å². The molecule has 5 heteroatoms. The monoisotopic (exact) mass is 254 g/mol. The van der Waals surface area contributed by atoms with E-state index < -0.39 is 11.6 Å². The van der Waals surface area contributed by atoms with Gasteiger partial charge in [0, 0.05) is 13.1 Å². The average Bonchev–Trinajstić information content (AvgIpc) is 2.40. The van der Waals surface area contributed by atoms with Crippen LogP contribution in [0.4, 0.5) is 14.5 Å². The molecule has 1 fully saturated rings. The van der Waals surface area contributed by atoms with Crippen molar-refractivity contribution >= 4 is 11.6 Å². The summed E-state index contributed by atoms with van der Waals surface area (Å²) in [5.74, 6) is -1.15. The SMILES string of the molecule is O=C(CNc1cc(F)ccc1F)N1CCCCC1. The number of hydrogen-bond acceptors (Lipinski definition) is 2. The minimum absolute atomic E-state index is 0.000370. The lowest BCUT2D eigenvalue weighted by atomic mass is 10.1. The van der Waals surface area contributed by atoms with Crippen molar-refractivity contribution in [2.24, 2.45) is 0 Å². The minimum atomic E-state index is -0.553. The van der Waals surface area contributed by atoms with Crippen LogP contribution >= 0.6 is 0 Å². The van der Waals surface area contributed by atoms with Crippen molar-refractivity contribution in [2.45, 2.75) is 19.3 Å². The number of rotatable bonds is 3. The highest BCUT2D eigenvalue weighted by molar-refractivity contribution is 5.81. The van der Waals surface area contributed by atoms with Crippen molar-refractivity contribution in [2.75, 3.05) is 25.0 Å². The molecule has 0 aliphatic carbocycles. The fourth-order valence-electron chi connectivity index (χ4n) is 2.06. The molecule has 0 atom stereocenters. The highest BCUT2D eigenvalue weighted by atomic mass is 19.1. The number of carbonyl (C=O) groups excluding carboxylic acids is 1. The summed E-state index contributed by atoms with van der Waals surface area (Å²) < 4.78 is 26.2. The lowest BCUT2D eigenvalue weighted by Gasteiger charge is -2.26. The number of halogens is 2. The van der Waals surface area contributed by atoms with Crippen LogP contribution in [0.3, 0.4) is 0 Å². The summed E-state index contributed by atoms with van der Waals surface area (Å²) in [5.41, 5.74) is 0.0281. The first-order valence-electron chi connectivity index (χ1n) is 6.13. The van der Waals surface area contributed by atoms with Crippen LogP contribution in [0.15, 0.2) is 18.2 Å². The number of piperidine rings is 1. The third-order valence-corrected chi connectivity index (χ3v) is 3.07. The fourth-order valence-corrected chi connectivity index (χ4v) is 2.06. The molecule has 1 aliphatic rings. The zero-order valence-corrected chi connectivity index (χ0v) is 10.1. The number of likely N-dealkylation sites (tertiary alicyclic amines) is 1. The molecule has 0 aromatic heterocycles. The van der Waals surface area contributed by atoms with Crippen LogP contribution in [0, 0.1) is 11.6 Å². The summed E-state index contributed by atoms with van der Waals surface area (Å²) in [6, 6.07) is 3.15. The van der Waals surface area contributed by atoms with Gasteiger partial charge in [-0.1, -0.05) is 0 Å². The van der Waals surface area contributed by atoms with E-state index in [9.17, 15) is 13.6 Å². The summed E-state index contributed by atoms with van der Waals surface area (Å²) in [4.78, 5) is 13.6. The minimum Gasteiger partial charge on any atom is -0.374 e. The summed E-state index contributed by atoms with van der Waals surface area (Å²) in [6.07, 6.45) is 3.18. The summed E-state index contributed by atoms with van der Waals surface area (Å²) >= 11 is 0. The largest absolute Gasteiger partial charge is 0.374 e. The van der Waals surface area contributed by atoms with Crippen molar-refractivity contribution in [1.82, 2.24) is 4.90 Å². The van der Waals surface area contributed by atoms with E-state index in [0.717, 1.165) is 50.6 Å². The van der Waals surface area contributed by atoms with Crippen LogP contribution in [0.1, 0.15) is 19.3 Å². The maximum absolute atomic E-state index is 13.3. The predicted molar refractivity (Wildman–Crippen MR) is 65.3 cm³/mol. The maximum Gasteiger partial charge on any atom is 0.241 e. The average molecular weight is 254 g/mol. The zero-order valence-electron chi connectivity index (χ0n) is 10.1. The normalized spacial score (nSPS) is 15.6. The van der Waals surface area contributed by atoms with Crippen LogP contribution < -0.4 is 5.32 Å². The molecule has 1 amide bonds. The van der Waals surface area contributed by atoms with Crippen LogP contribution in [0.5, 0.6) is 0 Å². The van der Waals surface area contributed by atoms with Gasteiger partial charge in [-0.15, -0.1) is 0 Å². The molecule has 98 valence electrons. The Labute approximate surface area is 105 Å². The Bertz CT molecular complexity index is 431. The molecule has 0 bridgehead atoms. The van der Waals surface area contributed by atoms with Gasteiger partial charge in [-0.3, -0.25) is 4.79 Å². The molecule has 0 saturated carbocycles. The Morgan fingerprint density at radius 1 is 1.22 bits per heavy atom. The predicted octanol–water partition coefficient (Wildman–Crippen LogP) is 2.39. The van der Waals surface area contributed by atoms with Gasteiger partial charge < -0.3 is 10.2 Å². The summed E-state index contributed by atoms with van der Waals surface area (Å²) in [7, 11) is 0. The van der Waals surface area contributed by atoms with Crippen LogP contribution in [-0.2, 0) is 4.79 Å². The van der Waals surface area contributed by atoms with E-state index in [2.05, 4.69) is 5.32 Å². The standard InChI is InChI=1S/C13H16F2N2O/c14-10-4-5-11(15)12(8-10)16-9-13(18)17-6-2-1-3-7-17/h4-5,8,16H,1-3,6-7,9H2. The number of amides is 1. The maximum atomic E-state index is 13.3. The van der Waals surface area contributed by atoms with Gasteiger partial charge in [0.1, 0.15) is 11.6 Å². The van der Waals surface area contributed by atoms with Gasteiger partial charge in [-0.25, -0.2) is 8.78 Å². The number of benzene rings is 1. The van der Waals surface area contributed by atoms with E-state index in [1.54, 1.807) is 4.90 Å². The molecule has 18 heavy (non-hydrogen) atoms. The molecular formula is C13H16F2N2O. The van der Waals surface area contributed by atoms with Crippen LogP contribution in [0.25, 0.3) is 0 Å². The Morgan fingerprint density at radius 3 is 2.67 bits per heavy atom. The zero-order chi connectivity index (χ0) is 13.0. The number of hydrogen-bond donors (Lipinski definition) is 1. The van der Waals surface area contributed by atoms with E-state index in [1.165, 1.54) is 0 Å². The number of nitrogens with one attached hydrogen (secondary N) is 1. The second kappa shape index (κ2) is 5.80. The summed E-state index contributed by atoms with van der Waals surface area (Å²) in [5, 5.41) is 2.64. The van der Waals surface area contributed by atoms with Crippen molar-refractivity contribution in [1.29, 1.82) is 0 Å². The van der Waals surface area contributed by atoms with Gasteiger partial charge in [0.15, 0.2) is 0 Å². The Balaban J connectivity index is 1.90. The van der Waals surface area contributed by atoms with E-state index in [1.807, 2.05) is 0 Å². The Hall–Kier alpha value is -1.65. The number of anilines is 1. The third kappa shape index (κ3) is 3.18. The molecule has 0 unspecified atom stereocenters. The van der Waals surface area contributed by atoms with Crippen molar-refractivity contribution in [3.05, 3.63) is 29.8 Å². The lowest BCUT2D eigenvalue weighted by Crippen LogP contribution is -2.39. The van der Waals surface area contributed by atoms with Crippen molar-refractivity contribution in [3.63, 3.8) is 0 Å². The van der Waals surface area contributed by atoms with Crippen molar-refractivity contribution in [3.8, 4) is 0 Å². The highest BCUT2D eigenvalue weighted by Gasteiger charge is 2.16. The first-order chi connectivity index (χ1) is 8.66. The lowest BCUT2D eigenvalue weighted by molar-refractivity contribution is -0.130. The highest BCUT2D eigenvalue weighted by Crippen LogP contribution is 2.15. The van der Waals surface area contributed by atoms with E-state index >= 15 is 0 Å². The van der Waals surface area contributed by atoms with Gasteiger partial charge >= 0.3 is 0 Å². The van der Waals surface area contributed by atoms with Gasteiger partial charge in [-0.05, 0) is 37.5 Å². The topological polar surface area (TPSA) is 32.3 Å². The molecule has 1 aliphatic heterocycles. The molecule has 0 spiro atoms. The second-order valence-electron chi connectivity index (χ2n) is 4.42. The molecule has 1 aromatic rings. The molecule has 1 aromatic carbocycles. The molecule has 2 rings (SSSR count). The first-order valence-corrected chi connectivity index (χ1v) is 6.13. The number of carbonyl (C=O) groups is 1. The molecule has 0 radical (unpaired) electrons. The Kier molecular flexibility index (Phi) is 4.12. The second-order valence-corrected chi connectivity index (χ2v) is 4.42. The smallest absolute Gasteiger partial charge is 0.241 e. The molecule has 3 nitrogen and oxygen atoms in total. The molecule has 1 saturated heterocycles. The number of nitrogens with zero attached hydrogens (tertiary/aromatic N) is 1. The fraction of sp³-hybridized carbons (Fsp3) is 0.462. The molecule has 1 heterocycles. The molecule has 1 N–H and O–H groups in total. The van der Waals surface area contributed by atoms with E-state index in [4.69, 9.17) is 0 Å². The van der Waals surface area contributed by atoms with Gasteiger partial charge in [0.2, 0.25) is 5.91 Å². The Morgan fingerprint density at radius 2 is 1.94 bits per heavy atom. The molecular weight excluding hydrogens is 238 g/mol. The van der Waals surface area contributed by atoms with Gasteiger partial charge in [0.25, 0.3) is 0 Å². The van der Waals surface area contributed by atoms with Crippen LogP contribution in [-0.4, -0.2) is 30.4 Å². The third-order valence-electron chi connectivity index (χ3n) is 3.07. The summed E-state index contributed by atoms with van der Waals surface area (Å²) in [6.45, 7) is 1.51. The first kappa shape index (κ1) is 12.8. The van der Waals surface area contributed by atoms with Gasteiger partial charge in [-0.2, -0.15) is 0 Å².